The summed E-state index contributed by atoms with van der Waals surface area (Å²) in [5.41, 5.74) is 1.51. The second-order valence-corrected chi connectivity index (χ2v) is 3.33. The third-order valence-electron chi connectivity index (χ3n) is 2.04. The van der Waals surface area contributed by atoms with Gasteiger partial charge in [0.2, 0.25) is 0 Å². The summed E-state index contributed by atoms with van der Waals surface area (Å²) in [6, 6.07) is 0. The van der Waals surface area contributed by atoms with Gasteiger partial charge in [-0.2, -0.15) is 0 Å². The van der Waals surface area contributed by atoms with Crippen molar-refractivity contribution in [1.82, 2.24) is 5.32 Å². The standard InChI is InChI=1S/C11H16N2O2/c1-9-4-2-5-10(8-13-9)11(15)12-6-3-7-14/h4-5,8,14H,2-3,6-7H2,1H3,(H,12,15). The van der Waals surface area contributed by atoms with Gasteiger partial charge in [0.1, 0.15) is 0 Å². The molecule has 0 aromatic rings. The monoisotopic (exact) mass is 208 g/mol. The lowest BCUT2D eigenvalue weighted by Crippen LogP contribution is -2.27. The molecule has 0 radical (unpaired) electrons. The Balaban J connectivity index is 2.47. The SMILES string of the molecule is CC1=CCC=C(C(=O)NCCCO)C=N1. The van der Waals surface area contributed by atoms with Crippen molar-refractivity contribution in [2.75, 3.05) is 13.2 Å². The van der Waals surface area contributed by atoms with Crippen molar-refractivity contribution in [3.63, 3.8) is 0 Å². The van der Waals surface area contributed by atoms with E-state index >= 15 is 0 Å². The molecule has 1 rings (SSSR count). The van der Waals surface area contributed by atoms with Crippen molar-refractivity contribution >= 4 is 12.1 Å². The van der Waals surface area contributed by atoms with E-state index in [1.165, 1.54) is 0 Å². The van der Waals surface area contributed by atoms with Gasteiger partial charge in [0.05, 0.1) is 5.57 Å². The number of carbonyl (C=O) groups excluding carboxylic acids is 1. The van der Waals surface area contributed by atoms with Crippen LogP contribution in [0.2, 0.25) is 0 Å². The predicted octanol–water partition coefficient (Wildman–Crippen LogP) is 0.790. The molecule has 1 heterocycles. The van der Waals surface area contributed by atoms with Crippen LogP contribution >= 0.6 is 0 Å². The number of hydrogen-bond donors (Lipinski definition) is 2. The normalized spacial score (nSPS) is 15.3. The van der Waals surface area contributed by atoms with E-state index in [1.807, 2.05) is 19.1 Å². The molecular formula is C11H16N2O2. The van der Waals surface area contributed by atoms with Crippen molar-refractivity contribution in [2.45, 2.75) is 19.8 Å². The van der Waals surface area contributed by atoms with Gasteiger partial charge in [-0.25, -0.2) is 0 Å². The van der Waals surface area contributed by atoms with Gasteiger partial charge in [-0.15, -0.1) is 0 Å². The molecule has 4 nitrogen and oxygen atoms in total. The highest BCUT2D eigenvalue weighted by molar-refractivity contribution is 6.12. The molecule has 0 bridgehead atoms. The Kier molecular flexibility index (Phi) is 4.77. The first-order chi connectivity index (χ1) is 7.24. The van der Waals surface area contributed by atoms with Gasteiger partial charge in [-0.3, -0.25) is 9.79 Å². The van der Waals surface area contributed by atoms with Crippen LogP contribution in [0, 0.1) is 0 Å². The highest BCUT2D eigenvalue weighted by Gasteiger charge is 2.06. The van der Waals surface area contributed by atoms with Gasteiger partial charge in [0, 0.05) is 25.1 Å². The Hall–Kier alpha value is -1.42. The number of carbonyl (C=O) groups is 1. The summed E-state index contributed by atoms with van der Waals surface area (Å²) in [7, 11) is 0. The van der Waals surface area contributed by atoms with Gasteiger partial charge < -0.3 is 10.4 Å². The summed E-state index contributed by atoms with van der Waals surface area (Å²) < 4.78 is 0. The quantitative estimate of drug-likeness (QED) is 0.671. The van der Waals surface area contributed by atoms with Gasteiger partial charge in [0.25, 0.3) is 5.91 Å². The number of aliphatic hydroxyl groups is 1. The van der Waals surface area contributed by atoms with Crippen molar-refractivity contribution in [2.24, 2.45) is 4.99 Å². The third kappa shape index (κ3) is 4.08. The molecular weight excluding hydrogens is 192 g/mol. The molecule has 0 atom stereocenters. The molecule has 1 aliphatic heterocycles. The molecule has 0 aliphatic carbocycles. The second kappa shape index (κ2) is 6.14. The molecule has 0 saturated carbocycles. The summed E-state index contributed by atoms with van der Waals surface area (Å²) in [6.07, 6.45) is 6.69. The number of hydrogen-bond acceptors (Lipinski definition) is 3. The maximum atomic E-state index is 11.6. The molecule has 15 heavy (non-hydrogen) atoms. The lowest BCUT2D eigenvalue weighted by Gasteiger charge is -2.03. The maximum absolute atomic E-state index is 11.6. The van der Waals surface area contributed by atoms with Crippen LogP contribution < -0.4 is 5.32 Å². The Morgan fingerprint density at radius 1 is 1.60 bits per heavy atom. The number of rotatable bonds is 4. The molecule has 0 aromatic carbocycles. The van der Waals surface area contributed by atoms with E-state index in [0.717, 1.165) is 12.1 Å². The molecule has 0 saturated heterocycles. The number of aliphatic hydroxyl groups excluding tert-OH is 1. The van der Waals surface area contributed by atoms with Crippen LogP contribution in [0.25, 0.3) is 0 Å². The molecule has 4 heteroatoms. The van der Waals surface area contributed by atoms with Gasteiger partial charge in [-0.05, 0) is 19.8 Å². The minimum Gasteiger partial charge on any atom is -0.396 e. The Morgan fingerprint density at radius 3 is 3.13 bits per heavy atom. The van der Waals surface area contributed by atoms with E-state index in [2.05, 4.69) is 10.3 Å². The van der Waals surface area contributed by atoms with E-state index in [9.17, 15) is 4.79 Å². The molecule has 0 unspecified atom stereocenters. The zero-order chi connectivity index (χ0) is 11.1. The van der Waals surface area contributed by atoms with Crippen LogP contribution in [-0.2, 0) is 4.79 Å². The number of allylic oxidation sites excluding steroid dienone is 3. The second-order valence-electron chi connectivity index (χ2n) is 3.33. The fourth-order valence-corrected chi connectivity index (χ4v) is 1.17. The Bertz CT molecular complexity index is 317. The highest BCUT2D eigenvalue weighted by Crippen LogP contribution is 2.06. The van der Waals surface area contributed by atoms with Crippen molar-refractivity contribution in [3.8, 4) is 0 Å². The molecule has 0 aromatic heterocycles. The van der Waals surface area contributed by atoms with Crippen molar-refractivity contribution in [3.05, 3.63) is 23.4 Å². The smallest absolute Gasteiger partial charge is 0.252 e. The summed E-state index contributed by atoms with van der Waals surface area (Å²) in [5.74, 6) is -0.129. The number of nitrogens with one attached hydrogen (secondary N) is 1. The minimum atomic E-state index is -0.129. The molecule has 2 N–H and O–H groups in total. The molecule has 82 valence electrons. The van der Waals surface area contributed by atoms with E-state index in [1.54, 1.807) is 6.21 Å². The molecule has 0 spiro atoms. The average molecular weight is 208 g/mol. The van der Waals surface area contributed by atoms with E-state index in [-0.39, 0.29) is 12.5 Å². The number of aliphatic imine (C=N–C) groups is 1. The van der Waals surface area contributed by atoms with Gasteiger partial charge >= 0.3 is 0 Å². The summed E-state index contributed by atoms with van der Waals surface area (Å²) >= 11 is 0. The molecule has 1 amide bonds. The van der Waals surface area contributed by atoms with Crippen LogP contribution in [0.3, 0.4) is 0 Å². The Labute approximate surface area is 89.4 Å². The topological polar surface area (TPSA) is 61.7 Å². The maximum Gasteiger partial charge on any atom is 0.252 e. The van der Waals surface area contributed by atoms with Crippen molar-refractivity contribution in [1.29, 1.82) is 0 Å². The predicted molar refractivity (Wildman–Crippen MR) is 59.7 cm³/mol. The van der Waals surface area contributed by atoms with E-state index in [0.29, 0.717) is 18.5 Å². The summed E-state index contributed by atoms with van der Waals surface area (Å²) in [5, 5.41) is 11.3. The summed E-state index contributed by atoms with van der Waals surface area (Å²) in [6.45, 7) is 2.48. The third-order valence-corrected chi connectivity index (χ3v) is 2.04. The summed E-state index contributed by atoms with van der Waals surface area (Å²) in [4.78, 5) is 15.7. The van der Waals surface area contributed by atoms with Gasteiger partial charge in [0.15, 0.2) is 0 Å². The fourth-order valence-electron chi connectivity index (χ4n) is 1.17. The highest BCUT2D eigenvalue weighted by atomic mass is 16.3. The van der Waals surface area contributed by atoms with E-state index < -0.39 is 0 Å². The van der Waals surface area contributed by atoms with Crippen LogP contribution in [0.15, 0.2) is 28.4 Å². The van der Waals surface area contributed by atoms with Crippen LogP contribution in [0.1, 0.15) is 19.8 Å². The largest absolute Gasteiger partial charge is 0.396 e. The lowest BCUT2D eigenvalue weighted by atomic mass is 10.2. The minimum absolute atomic E-state index is 0.0913. The molecule has 0 fully saturated rings. The number of amides is 1. The van der Waals surface area contributed by atoms with Gasteiger partial charge in [-0.1, -0.05) is 12.2 Å². The first-order valence-corrected chi connectivity index (χ1v) is 5.04. The first kappa shape index (κ1) is 11.7. The lowest BCUT2D eigenvalue weighted by molar-refractivity contribution is -0.117. The van der Waals surface area contributed by atoms with E-state index in [4.69, 9.17) is 5.11 Å². The first-order valence-electron chi connectivity index (χ1n) is 5.04. The fraction of sp³-hybridized carbons (Fsp3) is 0.455. The Morgan fingerprint density at radius 2 is 2.40 bits per heavy atom. The zero-order valence-electron chi connectivity index (χ0n) is 8.86. The number of nitrogens with zero attached hydrogens (tertiary/aromatic N) is 1. The van der Waals surface area contributed by atoms with Crippen LogP contribution in [0.4, 0.5) is 0 Å². The average Bonchev–Trinajstić information content (AvgIpc) is 2.43. The van der Waals surface area contributed by atoms with Crippen molar-refractivity contribution < 1.29 is 9.90 Å². The zero-order valence-corrected chi connectivity index (χ0v) is 8.86. The van der Waals surface area contributed by atoms with Crippen LogP contribution in [0.5, 0.6) is 0 Å². The molecule has 1 aliphatic rings. The van der Waals surface area contributed by atoms with Crippen LogP contribution in [-0.4, -0.2) is 30.4 Å².